The molecule has 0 aromatic carbocycles. The van der Waals surface area contributed by atoms with Crippen LogP contribution in [-0.4, -0.2) is 74.5 Å². The Labute approximate surface area is 238 Å². The predicted molar refractivity (Wildman–Crippen MR) is 157 cm³/mol. The van der Waals surface area contributed by atoms with Crippen molar-refractivity contribution in [2.24, 2.45) is 0 Å². The number of rotatable bonds is 9. The number of β-amino-alcohol motifs (C(OH)–C–C–N with tert-alkyl or cyclic N) is 1. The molecule has 1 aromatic heterocycles. The van der Waals surface area contributed by atoms with Gasteiger partial charge in [-0.2, -0.15) is 5.01 Å². The van der Waals surface area contributed by atoms with Gasteiger partial charge in [0.25, 0.3) is 5.91 Å². The fraction of sp³-hybridized carbons (Fsp3) is 0.483. The number of hydrazine groups is 1. The molecule has 0 spiro atoms. The minimum atomic E-state index is -1.38. The first-order chi connectivity index (χ1) is 19.2. The highest BCUT2D eigenvalue weighted by atomic mass is 19.1. The zero-order chi connectivity index (χ0) is 30.9. The van der Waals surface area contributed by atoms with Crippen LogP contribution in [0, 0.1) is 0 Å². The number of nitrogens with one attached hydrogen (secondary N) is 2. The summed E-state index contributed by atoms with van der Waals surface area (Å²) in [6, 6.07) is 5.40. The second kappa shape index (κ2) is 24.6. The fourth-order valence-corrected chi connectivity index (χ4v) is 2.89. The lowest BCUT2D eigenvalue weighted by Crippen LogP contribution is -2.48. The molecule has 0 saturated carbocycles. The highest BCUT2D eigenvalue weighted by molar-refractivity contribution is 6.11. The van der Waals surface area contributed by atoms with E-state index in [1.165, 1.54) is 30.5 Å². The van der Waals surface area contributed by atoms with Gasteiger partial charge in [-0.15, -0.1) is 6.58 Å². The number of allylic oxidation sites excluding steroid dienone is 2. The van der Waals surface area contributed by atoms with Crippen LogP contribution in [0.25, 0.3) is 0 Å². The molecule has 5 N–H and O–H groups in total. The number of hydrogen-bond acceptors (Lipinski definition) is 9. The number of aliphatic hydroxyl groups excluding tert-OH is 3. The lowest BCUT2D eigenvalue weighted by molar-refractivity contribution is -0.131. The van der Waals surface area contributed by atoms with E-state index in [4.69, 9.17) is 0 Å². The highest BCUT2D eigenvalue weighted by Crippen LogP contribution is 2.16. The Kier molecular flexibility index (Phi) is 23.9. The highest BCUT2D eigenvalue weighted by Gasteiger charge is 2.29. The Morgan fingerprint density at radius 3 is 2.40 bits per heavy atom. The van der Waals surface area contributed by atoms with Crippen molar-refractivity contribution < 1.29 is 29.3 Å². The molecule has 2 rings (SSSR count). The lowest BCUT2D eigenvalue weighted by Gasteiger charge is -2.31. The number of amides is 1. The Morgan fingerprint density at radius 2 is 1.90 bits per heavy atom. The molecule has 1 aliphatic heterocycles. The molecule has 1 aromatic rings. The summed E-state index contributed by atoms with van der Waals surface area (Å²) >= 11 is 0. The van der Waals surface area contributed by atoms with E-state index in [0.717, 1.165) is 0 Å². The van der Waals surface area contributed by atoms with Gasteiger partial charge in [-0.1, -0.05) is 52.3 Å². The molecule has 11 heteroatoms. The number of Topliss-reactive ketones (excluding diaryl/α,β-unsaturated/α-hetero) is 1. The average molecular weight is 566 g/mol. The number of halogens is 1. The van der Waals surface area contributed by atoms with Crippen LogP contribution in [0.3, 0.4) is 0 Å². The van der Waals surface area contributed by atoms with Crippen LogP contribution in [0.15, 0.2) is 72.6 Å². The first kappa shape index (κ1) is 38.8. The Bertz CT molecular complexity index is 934. The molecule has 1 atom stereocenters. The van der Waals surface area contributed by atoms with Gasteiger partial charge in [0, 0.05) is 25.5 Å². The molecule has 40 heavy (non-hydrogen) atoms. The van der Waals surface area contributed by atoms with Crippen molar-refractivity contribution in [1.29, 1.82) is 0 Å². The zero-order valence-corrected chi connectivity index (χ0v) is 24.7. The van der Waals surface area contributed by atoms with Gasteiger partial charge in [0.1, 0.15) is 6.23 Å². The standard InChI is InChI=1S/C21H29N5O5.C3H5F.C3H8.C2H6/c1-3-4-8-23-20(30)17-12-24-26(13-16-7-5-6-9-22-16)14-25(10-11-27)21(31)15(2)18(28)19(17)29;1-2-3-4;1-3-2;1-2/h3,5-7,9,12,20,23-24,27-28,30H,1,4,8,10-11,13-14H2,2H3;2-3H,1H3;3H2,1-2H3;1-2H3/b17-12+,18-15-;3-2+;;. The third-order valence-corrected chi connectivity index (χ3v) is 4.74. The molecule has 10 nitrogen and oxygen atoms in total. The van der Waals surface area contributed by atoms with Gasteiger partial charge >= 0.3 is 0 Å². The maximum absolute atomic E-state index is 12.9. The van der Waals surface area contributed by atoms with E-state index in [0.29, 0.717) is 25.0 Å². The summed E-state index contributed by atoms with van der Waals surface area (Å²) in [5.74, 6) is -2.26. The van der Waals surface area contributed by atoms with Crippen LogP contribution in [-0.2, 0) is 16.1 Å². The number of nitrogens with zero attached hydrogens (tertiary/aromatic N) is 3. The van der Waals surface area contributed by atoms with Crippen molar-refractivity contribution in [3.63, 3.8) is 0 Å². The Balaban J connectivity index is 0. The number of carbonyl (C=O) groups is 2. The molecule has 1 amide bonds. The van der Waals surface area contributed by atoms with Crippen LogP contribution in [0.5, 0.6) is 0 Å². The van der Waals surface area contributed by atoms with Crippen LogP contribution >= 0.6 is 0 Å². The maximum Gasteiger partial charge on any atom is 0.254 e. The largest absolute Gasteiger partial charge is 0.504 e. The average Bonchev–Trinajstić information content (AvgIpc) is 2.97. The number of ketones is 1. The van der Waals surface area contributed by atoms with Crippen molar-refractivity contribution in [3.05, 3.63) is 78.3 Å². The SMILES string of the molecule is C/C=C/F.C=CCCNC(O)/C1=C/NN(Cc2ccccn2)CN(CCO)C(=O)/C(C)=C(\O)C1=O.CC.CCC. The summed E-state index contributed by atoms with van der Waals surface area (Å²) < 4.78 is 10.5. The zero-order valence-electron chi connectivity index (χ0n) is 24.7. The summed E-state index contributed by atoms with van der Waals surface area (Å²) in [7, 11) is 0. The van der Waals surface area contributed by atoms with Crippen LogP contribution in [0.4, 0.5) is 4.39 Å². The van der Waals surface area contributed by atoms with Gasteiger partial charge in [-0.25, -0.2) is 4.39 Å². The number of carbonyl (C=O) groups excluding carboxylic acids is 2. The molecule has 0 fully saturated rings. The smallest absolute Gasteiger partial charge is 0.254 e. The molecule has 0 bridgehead atoms. The Morgan fingerprint density at radius 1 is 1.27 bits per heavy atom. The number of pyridine rings is 1. The lowest BCUT2D eigenvalue weighted by atomic mass is 10.0. The van der Waals surface area contributed by atoms with Crippen molar-refractivity contribution in [1.82, 2.24) is 25.6 Å². The molecule has 0 saturated heterocycles. The maximum atomic E-state index is 12.9. The van der Waals surface area contributed by atoms with E-state index in [1.807, 2.05) is 19.9 Å². The van der Waals surface area contributed by atoms with Crippen LogP contribution in [0.1, 0.15) is 60.1 Å². The molecule has 226 valence electrons. The number of hydrogen-bond donors (Lipinski definition) is 5. The van der Waals surface area contributed by atoms with E-state index >= 15 is 0 Å². The number of aliphatic hydroxyl groups is 3. The fourth-order valence-electron chi connectivity index (χ4n) is 2.89. The third-order valence-electron chi connectivity index (χ3n) is 4.74. The second-order valence-corrected chi connectivity index (χ2v) is 8.08. The van der Waals surface area contributed by atoms with Gasteiger partial charge in [-0.3, -0.25) is 19.9 Å². The first-order valence-corrected chi connectivity index (χ1v) is 13.4. The normalized spacial score (nSPS) is 18.0. The quantitative estimate of drug-likeness (QED) is 0.172. The van der Waals surface area contributed by atoms with Gasteiger partial charge in [0.15, 0.2) is 5.76 Å². The van der Waals surface area contributed by atoms with Gasteiger partial charge < -0.3 is 25.6 Å². The van der Waals surface area contributed by atoms with Crippen molar-refractivity contribution >= 4 is 11.7 Å². The molecular weight excluding hydrogens is 517 g/mol. The predicted octanol–water partition coefficient (Wildman–Crippen LogP) is 3.88. The monoisotopic (exact) mass is 565 g/mol. The Hall–Kier alpha value is -3.38. The molecule has 2 heterocycles. The van der Waals surface area contributed by atoms with E-state index in [2.05, 4.69) is 36.2 Å². The molecule has 0 radical (unpaired) electrons. The summed E-state index contributed by atoms with van der Waals surface area (Å²) in [5.41, 5.74) is 3.28. The van der Waals surface area contributed by atoms with E-state index in [-0.39, 0.29) is 37.5 Å². The van der Waals surface area contributed by atoms with Crippen LogP contribution in [0.2, 0.25) is 0 Å². The summed E-state index contributed by atoms with van der Waals surface area (Å²) in [6.07, 6.45) is 6.85. The minimum absolute atomic E-state index is 0.000345. The van der Waals surface area contributed by atoms with Gasteiger partial charge in [0.2, 0.25) is 5.78 Å². The van der Waals surface area contributed by atoms with Crippen molar-refractivity contribution in [2.75, 3.05) is 26.4 Å². The topological polar surface area (TPSA) is 138 Å². The third kappa shape index (κ3) is 15.3. The number of aromatic nitrogens is 1. The van der Waals surface area contributed by atoms with Gasteiger partial charge in [0.05, 0.1) is 43.0 Å². The van der Waals surface area contributed by atoms with E-state index in [9.17, 15) is 29.3 Å². The molecule has 1 aliphatic rings. The molecule has 0 aliphatic carbocycles. The minimum Gasteiger partial charge on any atom is -0.504 e. The molecular formula is C29H48FN5O5. The van der Waals surface area contributed by atoms with Gasteiger partial charge in [-0.05, 0) is 32.4 Å². The van der Waals surface area contributed by atoms with E-state index < -0.39 is 23.7 Å². The summed E-state index contributed by atoms with van der Waals surface area (Å²) in [4.78, 5) is 31.3. The summed E-state index contributed by atoms with van der Waals surface area (Å²) in [5, 5.41) is 34.6. The van der Waals surface area contributed by atoms with Crippen molar-refractivity contribution in [3.8, 4) is 0 Å². The molecule has 1 unspecified atom stereocenters. The second-order valence-electron chi connectivity index (χ2n) is 8.08. The summed E-state index contributed by atoms with van der Waals surface area (Å²) in [6.45, 7) is 15.2. The van der Waals surface area contributed by atoms with Crippen molar-refractivity contribution in [2.45, 2.75) is 67.2 Å². The van der Waals surface area contributed by atoms with Crippen LogP contribution < -0.4 is 10.7 Å². The van der Waals surface area contributed by atoms with E-state index in [1.54, 1.807) is 36.3 Å². The first-order valence-electron chi connectivity index (χ1n) is 13.4.